The highest BCUT2D eigenvalue weighted by Crippen LogP contribution is 2.27. The highest BCUT2D eigenvalue weighted by molar-refractivity contribution is 6.03. The first-order valence-electron chi connectivity index (χ1n) is 7.09. The fourth-order valence-electron chi connectivity index (χ4n) is 2.54. The molecule has 2 heterocycles. The molecule has 1 aliphatic rings. The highest BCUT2D eigenvalue weighted by Gasteiger charge is 2.36. The molecule has 0 saturated carbocycles. The van der Waals surface area contributed by atoms with E-state index >= 15 is 0 Å². The molecule has 1 aromatic heterocycles. The predicted molar refractivity (Wildman–Crippen MR) is 82.6 cm³/mol. The van der Waals surface area contributed by atoms with Gasteiger partial charge < -0.3 is 15.2 Å². The van der Waals surface area contributed by atoms with Crippen molar-refractivity contribution in [3.63, 3.8) is 0 Å². The van der Waals surface area contributed by atoms with Gasteiger partial charge in [0.15, 0.2) is 0 Å². The number of anilines is 2. The standard InChI is InChI=1S/C16H14FN3O3/c17-11-3-1-2-4-13(11)20-9-10(7-15(20)22)16(23)19-12-8-18-6-5-14(12)21/h1-6,8,10H,7,9H2,(H,18,21)(H,19,23). The van der Waals surface area contributed by atoms with Crippen LogP contribution in [0.25, 0.3) is 0 Å². The van der Waals surface area contributed by atoms with E-state index in [-0.39, 0.29) is 35.7 Å². The Morgan fingerprint density at radius 3 is 2.78 bits per heavy atom. The number of hydrogen-bond donors (Lipinski definition) is 2. The average molecular weight is 315 g/mol. The van der Waals surface area contributed by atoms with Crippen molar-refractivity contribution in [2.45, 2.75) is 6.42 Å². The summed E-state index contributed by atoms with van der Waals surface area (Å²) in [5.74, 6) is -1.91. The number of para-hydroxylation sites is 1. The fraction of sp³-hybridized carbons (Fsp3) is 0.188. The van der Waals surface area contributed by atoms with Crippen LogP contribution in [0, 0.1) is 11.7 Å². The van der Waals surface area contributed by atoms with Gasteiger partial charge >= 0.3 is 0 Å². The molecule has 0 spiro atoms. The molecule has 1 aromatic carbocycles. The third kappa shape index (κ3) is 2.98. The highest BCUT2D eigenvalue weighted by atomic mass is 19.1. The van der Waals surface area contributed by atoms with Crippen molar-refractivity contribution in [3.8, 4) is 0 Å². The Kier molecular flexibility index (Phi) is 3.92. The van der Waals surface area contributed by atoms with Gasteiger partial charge in [-0.3, -0.25) is 14.4 Å². The Labute approximate surface area is 130 Å². The van der Waals surface area contributed by atoms with E-state index in [1.165, 1.54) is 41.6 Å². The Morgan fingerprint density at radius 1 is 1.26 bits per heavy atom. The number of amides is 2. The summed E-state index contributed by atoms with van der Waals surface area (Å²) in [5, 5.41) is 2.50. The van der Waals surface area contributed by atoms with E-state index in [0.29, 0.717) is 0 Å². The largest absolute Gasteiger partial charge is 0.366 e. The third-order valence-corrected chi connectivity index (χ3v) is 3.72. The van der Waals surface area contributed by atoms with Gasteiger partial charge in [-0.25, -0.2) is 4.39 Å². The normalized spacial score (nSPS) is 17.3. The van der Waals surface area contributed by atoms with E-state index in [1.807, 2.05) is 0 Å². The number of benzene rings is 1. The van der Waals surface area contributed by atoms with Gasteiger partial charge in [0.2, 0.25) is 17.2 Å². The predicted octanol–water partition coefficient (Wildman–Crippen LogP) is 1.51. The zero-order valence-corrected chi connectivity index (χ0v) is 12.1. The molecule has 6 nitrogen and oxygen atoms in total. The minimum atomic E-state index is -0.637. The van der Waals surface area contributed by atoms with Crippen LogP contribution in [0.3, 0.4) is 0 Å². The molecular weight excluding hydrogens is 301 g/mol. The van der Waals surface area contributed by atoms with Gasteiger partial charge in [-0.1, -0.05) is 12.1 Å². The summed E-state index contributed by atoms with van der Waals surface area (Å²) in [5.41, 5.74) is -0.0490. The molecule has 1 atom stereocenters. The molecule has 0 bridgehead atoms. The fourth-order valence-corrected chi connectivity index (χ4v) is 2.54. The maximum Gasteiger partial charge on any atom is 0.229 e. The SMILES string of the molecule is O=C(Nc1c[nH]ccc1=O)C1CC(=O)N(c2ccccc2F)C1. The summed E-state index contributed by atoms with van der Waals surface area (Å²) < 4.78 is 13.8. The number of halogens is 1. The first-order chi connectivity index (χ1) is 11.1. The molecule has 1 saturated heterocycles. The van der Waals surface area contributed by atoms with Crippen LogP contribution in [0.4, 0.5) is 15.8 Å². The zero-order valence-electron chi connectivity index (χ0n) is 12.1. The number of aromatic nitrogens is 1. The minimum Gasteiger partial charge on any atom is -0.366 e. The molecule has 1 aliphatic heterocycles. The summed E-state index contributed by atoms with van der Waals surface area (Å²) in [6.07, 6.45) is 2.81. The number of carbonyl (C=O) groups excluding carboxylic acids is 2. The van der Waals surface area contributed by atoms with Crippen molar-refractivity contribution in [3.05, 3.63) is 58.8 Å². The number of hydrogen-bond acceptors (Lipinski definition) is 3. The lowest BCUT2D eigenvalue weighted by Gasteiger charge is -2.17. The summed E-state index contributed by atoms with van der Waals surface area (Å²) >= 11 is 0. The van der Waals surface area contributed by atoms with Crippen LogP contribution in [-0.4, -0.2) is 23.3 Å². The molecule has 2 aromatic rings. The first-order valence-corrected chi connectivity index (χ1v) is 7.09. The molecule has 7 heteroatoms. The number of carbonyl (C=O) groups is 2. The van der Waals surface area contributed by atoms with E-state index in [9.17, 15) is 18.8 Å². The molecule has 118 valence electrons. The Bertz CT molecular complexity index is 818. The van der Waals surface area contributed by atoms with Crippen molar-refractivity contribution in [2.75, 3.05) is 16.8 Å². The minimum absolute atomic E-state index is 0.0229. The lowest BCUT2D eigenvalue weighted by atomic mass is 10.1. The number of H-pyrrole nitrogens is 1. The van der Waals surface area contributed by atoms with Crippen molar-refractivity contribution in [1.82, 2.24) is 4.98 Å². The van der Waals surface area contributed by atoms with E-state index in [0.717, 1.165) is 0 Å². The molecule has 23 heavy (non-hydrogen) atoms. The monoisotopic (exact) mass is 315 g/mol. The van der Waals surface area contributed by atoms with Crippen molar-refractivity contribution in [2.24, 2.45) is 5.92 Å². The van der Waals surface area contributed by atoms with Crippen molar-refractivity contribution >= 4 is 23.2 Å². The van der Waals surface area contributed by atoms with Crippen molar-refractivity contribution < 1.29 is 14.0 Å². The van der Waals surface area contributed by atoms with Gasteiger partial charge in [-0.2, -0.15) is 0 Å². The number of pyridine rings is 1. The molecule has 2 N–H and O–H groups in total. The van der Waals surface area contributed by atoms with Gasteiger partial charge in [0.05, 0.1) is 11.6 Å². The Balaban J connectivity index is 1.75. The second-order valence-corrected chi connectivity index (χ2v) is 5.27. The second kappa shape index (κ2) is 6.04. The Morgan fingerprint density at radius 2 is 2.04 bits per heavy atom. The number of rotatable bonds is 3. The topological polar surface area (TPSA) is 82.3 Å². The maximum atomic E-state index is 13.8. The average Bonchev–Trinajstić information content (AvgIpc) is 2.92. The second-order valence-electron chi connectivity index (χ2n) is 5.27. The van der Waals surface area contributed by atoms with Gasteiger partial charge in [-0.15, -0.1) is 0 Å². The van der Waals surface area contributed by atoms with Crippen LogP contribution in [-0.2, 0) is 9.59 Å². The molecule has 1 fully saturated rings. The lowest BCUT2D eigenvalue weighted by Crippen LogP contribution is -2.29. The van der Waals surface area contributed by atoms with Crippen LogP contribution in [0.15, 0.2) is 47.5 Å². The molecule has 0 radical (unpaired) electrons. The first kappa shape index (κ1) is 15.0. The van der Waals surface area contributed by atoms with E-state index in [2.05, 4.69) is 10.3 Å². The lowest BCUT2D eigenvalue weighted by molar-refractivity contribution is -0.122. The van der Waals surface area contributed by atoms with E-state index in [4.69, 9.17) is 0 Å². The molecule has 0 aliphatic carbocycles. The van der Waals surface area contributed by atoms with Crippen LogP contribution in [0.1, 0.15) is 6.42 Å². The van der Waals surface area contributed by atoms with Crippen molar-refractivity contribution in [1.29, 1.82) is 0 Å². The molecule has 1 unspecified atom stereocenters. The number of nitrogens with zero attached hydrogens (tertiary/aromatic N) is 1. The van der Waals surface area contributed by atoms with Gasteiger partial charge in [0.1, 0.15) is 11.5 Å². The molecular formula is C16H14FN3O3. The van der Waals surface area contributed by atoms with Crippen LogP contribution in [0.5, 0.6) is 0 Å². The molecule has 3 rings (SSSR count). The summed E-state index contributed by atoms with van der Waals surface area (Å²) in [6.45, 7) is 0.0797. The zero-order chi connectivity index (χ0) is 16.4. The van der Waals surface area contributed by atoms with Crippen LogP contribution in [0.2, 0.25) is 0 Å². The summed E-state index contributed by atoms with van der Waals surface area (Å²) in [7, 11) is 0. The quantitative estimate of drug-likeness (QED) is 0.900. The Hall–Kier alpha value is -2.96. The summed E-state index contributed by atoms with van der Waals surface area (Å²) in [4.78, 5) is 39.9. The van der Waals surface area contributed by atoms with E-state index in [1.54, 1.807) is 6.07 Å². The van der Waals surface area contributed by atoms with Gasteiger partial charge in [0, 0.05) is 31.4 Å². The smallest absolute Gasteiger partial charge is 0.229 e. The number of aromatic amines is 1. The van der Waals surface area contributed by atoms with Crippen LogP contribution >= 0.6 is 0 Å². The van der Waals surface area contributed by atoms with E-state index < -0.39 is 17.6 Å². The summed E-state index contributed by atoms with van der Waals surface area (Å²) in [6, 6.07) is 7.21. The third-order valence-electron chi connectivity index (χ3n) is 3.72. The van der Waals surface area contributed by atoms with Gasteiger partial charge in [-0.05, 0) is 12.1 Å². The van der Waals surface area contributed by atoms with Gasteiger partial charge in [0.25, 0.3) is 0 Å². The van der Waals surface area contributed by atoms with Crippen LogP contribution < -0.4 is 15.6 Å². The molecule has 2 amide bonds. The maximum absolute atomic E-state index is 13.8. The number of nitrogens with one attached hydrogen (secondary N) is 2.